The van der Waals surface area contributed by atoms with Gasteiger partial charge in [0.1, 0.15) is 11.0 Å². The van der Waals surface area contributed by atoms with Gasteiger partial charge < -0.3 is 4.74 Å². The molecule has 0 bridgehead atoms. The van der Waals surface area contributed by atoms with Crippen LogP contribution in [-0.2, 0) is 14.8 Å². The summed E-state index contributed by atoms with van der Waals surface area (Å²) in [4.78, 5) is 15.4. The van der Waals surface area contributed by atoms with Crippen LogP contribution in [0.1, 0.15) is 18.2 Å². The van der Waals surface area contributed by atoms with Crippen molar-refractivity contribution in [3.05, 3.63) is 47.8 Å². The number of esters is 1. The number of aromatic nitrogens is 3. The number of nitrogens with zero attached hydrogens (tertiary/aromatic N) is 3. The Morgan fingerprint density at radius 1 is 1.17 bits per heavy atom. The third-order valence-corrected chi connectivity index (χ3v) is 5.04. The molecule has 0 aliphatic heterocycles. The minimum atomic E-state index is -3.88. The number of hydrogen-bond acceptors (Lipinski definition) is 6. The fourth-order valence-electron chi connectivity index (χ4n) is 2.31. The molecule has 24 heavy (non-hydrogen) atoms. The van der Waals surface area contributed by atoms with Gasteiger partial charge in [-0.05, 0) is 26.0 Å². The van der Waals surface area contributed by atoms with Gasteiger partial charge in [0.2, 0.25) is 0 Å². The summed E-state index contributed by atoms with van der Waals surface area (Å²) < 4.78 is 31.6. The number of ether oxygens (including phenoxy) is 1. The molecule has 2 heterocycles. The summed E-state index contributed by atoms with van der Waals surface area (Å²) in [5, 5.41) is 4.11. The van der Waals surface area contributed by atoms with E-state index in [0.29, 0.717) is 11.2 Å². The maximum absolute atomic E-state index is 12.9. The SMILES string of the molecule is CC(=O)Oc1cnc2c(C)nn(S(=O)(=O)c3ccc(C)cc3)c2c1. The lowest BCUT2D eigenvalue weighted by Crippen LogP contribution is -2.14. The number of benzene rings is 1. The molecule has 0 aliphatic rings. The van der Waals surface area contributed by atoms with Crippen molar-refractivity contribution < 1.29 is 17.9 Å². The Balaban J connectivity index is 2.21. The molecule has 0 spiro atoms. The minimum absolute atomic E-state index is 0.121. The van der Waals surface area contributed by atoms with E-state index >= 15 is 0 Å². The van der Waals surface area contributed by atoms with Gasteiger partial charge in [0.05, 0.1) is 16.8 Å². The van der Waals surface area contributed by atoms with Crippen LogP contribution in [0.4, 0.5) is 0 Å². The standard InChI is InChI=1S/C16H15N3O4S/c1-10-4-6-14(7-5-10)24(21,22)19-15-8-13(23-12(3)20)9-17-16(15)11(2)18-19/h4-9H,1-3H3. The first-order valence-corrected chi connectivity index (χ1v) is 8.59. The molecule has 7 nitrogen and oxygen atoms in total. The van der Waals surface area contributed by atoms with Crippen molar-refractivity contribution in [1.29, 1.82) is 0 Å². The van der Waals surface area contributed by atoms with Crippen LogP contribution < -0.4 is 4.74 Å². The fourth-order valence-corrected chi connectivity index (χ4v) is 3.62. The normalized spacial score (nSPS) is 11.6. The summed E-state index contributed by atoms with van der Waals surface area (Å²) in [6.45, 7) is 4.80. The van der Waals surface area contributed by atoms with Crippen molar-refractivity contribution in [1.82, 2.24) is 14.2 Å². The molecule has 3 rings (SSSR count). The number of rotatable bonds is 3. The van der Waals surface area contributed by atoms with Crippen molar-refractivity contribution in [3.63, 3.8) is 0 Å². The smallest absolute Gasteiger partial charge is 0.308 e. The second-order valence-corrected chi connectivity index (χ2v) is 7.15. The van der Waals surface area contributed by atoms with Gasteiger partial charge in [-0.3, -0.25) is 4.79 Å². The van der Waals surface area contributed by atoms with Gasteiger partial charge in [0.15, 0.2) is 5.75 Å². The molecule has 0 aliphatic carbocycles. The molecule has 8 heteroatoms. The molecule has 0 atom stereocenters. The van der Waals surface area contributed by atoms with Crippen LogP contribution in [0.15, 0.2) is 41.4 Å². The molecule has 3 aromatic rings. The Hall–Kier alpha value is -2.74. The first-order valence-electron chi connectivity index (χ1n) is 7.15. The van der Waals surface area contributed by atoms with E-state index in [-0.39, 0.29) is 16.2 Å². The van der Waals surface area contributed by atoms with Gasteiger partial charge in [-0.2, -0.15) is 17.6 Å². The highest BCUT2D eigenvalue weighted by Crippen LogP contribution is 2.25. The lowest BCUT2D eigenvalue weighted by Gasteiger charge is -2.07. The Bertz CT molecular complexity index is 1040. The first-order chi connectivity index (χ1) is 11.3. The molecule has 1 aromatic carbocycles. The van der Waals surface area contributed by atoms with Crippen molar-refractivity contribution in [2.24, 2.45) is 0 Å². The van der Waals surface area contributed by atoms with Crippen molar-refractivity contribution in [3.8, 4) is 5.75 Å². The zero-order valence-electron chi connectivity index (χ0n) is 13.3. The van der Waals surface area contributed by atoms with Crippen LogP contribution >= 0.6 is 0 Å². The van der Waals surface area contributed by atoms with E-state index in [4.69, 9.17) is 4.74 Å². The van der Waals surface area contributed by atoms with E-state index in [9.17, 15) is 13.2 Å². The highest BCUT2D eigenvalue weighted by molar-refractivity contribution is 7.90. The quantitative estimate of drug-likeness (QED) is 0.676. The third-order valence-electron chi connectivity index (χ3n) is 3.44. The number of fused-ring (bicyclic) bond motifs is 1. The zero-order chi connectivity index (χ0) is 17.5. The maximum Gasteiger partial charge on any atom is 0.308 e. The summed E-state index contributed by atoms with van der Waals surface area (Å²) in [5.41, 5.74) is 2.11. The van der Waals surface area contributed by atoms with Gasteiger partial charge in [-0.25, -0.2) is 4.98 Å². The molecule has 0 N–H and O–H groups in total. The Kier molecular flexibility index (Phi) is 3.84. The Morgan fingerprint density at radius 3 is 2.46 bits per heavy atom. The van der Waals surface area contributed by atoms with E-state index in [2.05, 4.69) is 10.1 Å². The van der Waals surface area contributed by atoms with Crippen LogP contribution in [0.3, 0.4) is 0 Å². The molecule has 0 saturated carbocycles. The van der Waals surface area contributed by atoms with Crippen molar-refractivity contribution in [2.45, 2.75) is 25.7 Å². The second-order valence-electron chi connectivity index (χ2n) is 5.38. The molecule has 124 valence electrons. The molecule has 0 radical (unpaired) electrons. The lowest BCUT2D eigenvalue weighted by molar-refractivity contribution is -0.131. The largest absolute Gasteiger partial charge is 0.425 e. The molecule has 0 amide bonds. The summed E-state index contributed by atoms with van der Waals surface area (Å²) in [7, 11) is -3.88. The monoisotopic (exact) mass is 345 g/mol. The third kappa shape index (κ3) is 2.76. The number of carbonyl (C=O) groups excluding carboxylic acids is 1. The molecule has 0 fully saturated rings. The van der Waals surface area contributed by atoms with E-state index in [0.717, 1.165) is 9.65 Å². The van der Waals surface area contributed by atoms with Crippen molar-refractivity contribution >= 4 is 27.0 Å². The van der Waals surface area contributed by atoms with E-state index in [1.54, 1.807) is 19.1 Å². The lowest BCUT2D eigenvalue weighted by atomic mass is 10.2. The van der Waals surface area contributed by atoms with Crippen LogP contribution in [0, 0.1) is 13.8 Å². The molecular weight excluding hydrogens is 330 g/mol. The summed E-state index contributed by atoms with van der Waals surface area (Å²) in [6.07, 6.45) is 1.36. The topological polar surface area (TPSA) is 91.2 Å². The number of carbonyl (C=O) groups is 1. The van der Waals surface area contributed by atoms with Gasteiger partial charge in [-0.15, -0.1) is 0 Å². The minimum Gasteiger partial charge on any atom is -0.425 e. The van der Waals surface area contributed by atoms with Gasteiger partial charge in [0.25, 0.3) is 10.0 Å². The van der Waals surface area contributed by atoms with Gasteiger partial charge >= 0.3 is 5.97 Å². The van der Waals surface area contributed by atoms with Gasteiger partial charge in [0, 0.05) is 13.0 Å². The molecule has 0 unspecified atom stereocenters. The second kappa shape index (κ2) is 5.72. The van der Waals surface area contributed by atoms with Crippen molar-refractivity contribution in [2.75, 3.05) is 0 Å². The summed E-state index contributed by atoms with van der Waals surface area (Å²) in [6, 6.07) is 7.92. The Morgan fingerprint density at radius 2 is 1.83 bits per heavy atom. The van der Waals surface area contributed by atoms with E-state index in [1.165, 1.54) is 31.3 Å². The predicted molar refractivity (Wildman–Crippen MR) is 87.3 cm³/mol. The predicted octanol–water partition coefficient (Wildman–Crippen LogP) is 2.21. The first kappa shape index (κ1) is 16.1. The number of aryl methyl sites for hydroxylation is 2. The summed E-state index contributed by atoms with van der Waals surface area (Å²) in [5.74, 6) is -0.351. The average molecular weight is 345 g/mol. The van der Waals surface area contributed by atoms with Crippen LogP contribution in [-0.4, -0.2) is 28.6 Å². The molecule has 0 saturated heterocycles. The van der Waals surface area contributed by atoms with E-state index in [1.807, 2.05) is 6.92 Å². The molecular formula is C16H15N3O4S. The maximum atomic E-state index is 12.9. The number of pyridine rings is 1. The van der Waals surface area contributed by atoms with Crippen LogP contribution in [0.2, 0.25) is 0 Å². The average Bonchev–Trinajstić information content (AvgIpc) is 2.84. The highest BCUT2D eigenvalue weighted by atomic mass is 32.2. The van der Waals surface area contributed by atoms with Gasteiger partial charge in [-0.1, -0.05) is 17.7 Å². The Labute approximate surface area is 138 Å². The van der Waals surface area contributed by atoms with Crippen LogP contribution in [0.25, 0.3) is 11.0 Å². The molecule has 2 aromatic heterocycles. The summed E-state index contributed by atoms with van der Waals surface area (Å²) >= 11 is 0. The zero-order valence-corrected chi connectivity index (χ0v) is 14.2. The highest BCUT2D eigenvalue weighted by Gasteiger charge is 2.23. The number of hydrogen-bond donors (Lipinski definition) is 0. The van der Waals surface area contributed by atoms with E-state index < -0.39 is 16.0 Å². The van der Waals surface area contributed by atoms with Crippen LogP contribution in [0.5, 0.6) is 5.75 Å². The fraction of sp³-hybridized carbons (Fsp3) is 0.188.